The number of nitrogens with one attached hydrogen (secondary N) is 2. The van der Waals surface area contributed by atoms with Crippen LogP contribution in [0, 0.1) is 0 Å². The largest absolute Gasteiger partial charge is 0.493 e. The summed E-state index contributed by atoms with van der Waals surface area (Å²) in [5.41, 5.74) is 1.27. The Hall–Kier alpha value is -0.580. The molecule has 0 amide bonds. The lowest BCUT2D eigenvalue weighted by Gasteiger charge is -2.09. The van der Waals surface area contributed by atoms with Gasteiger partial charge in [0.2, 0.25) is 0 Å². The van der Waals surface area contributed by atoms with Crippen molar-refractivity contribution in [2.75, 3.05) is 26.7 Å². The summed E-state index contributed by atoms with van der Waals surface area (Å²) in [5.74, 6) is 0.909. The third-order valence-corrected chi connectivity index (χ3v) is 3.03. The van der Waals surface area contributed by atoms with Crippen molar-refractivity contribution in [2.45, 2.75) is 19.9 Å². The van der Waals surface area contributed by atoms with Crippen LogP contribution < -0.4 is 15.4 Å². The number of hydrogen-bond acceptors (Lipinski definition) is 3. The lowest BCUT2D eigenvalue weighted by molar-refractivity contribution is 0.338. The van der Waals surface area contributed by atoms with E-state index in [-0.39, 0.29) is 0 Å². The fraction of sp³-hybridized carbons (Fsp3) is 0.538. The zero-order valence-corrected chi connectivity index (χ0v) is 12.1. The second kappa shape index (κ2) is 8.50. The molecule has 0 heterocycles. The molecule has 0 atom stereocenters. The van der Waals surface area contributed by atoms with Crippen molar-refractivity contribution in [3.8, 4) is 5.75 Å². The first-order valence-electron chi connectivity index (χ1n) is 6.04. The average Bonchev–Trinajstić information content (AvgIpc) is 2.32. The van der Waals surface area contributed by atoms with Gasteiger partial charge in [0, 0.05) is 6.54 Å². The van der Waals surface area contributed by atoms with Gasteiger partial charge < -0.3 is 15.4 Å². The molecule has 0 unspecified atom stereocenters. The summed E-state index contributed by atoms with van der Waals surface area (Å²) in [6.45, 7) is 5.67. The van der Waals surface area contributed by atoms with Crippen LogP contribution in [0.1, 0.15) is 18.9 Å². The Morgan fingerprint density at radius 2 is 2.12 bits per heavy atom. The van der Waals surface area contributed by atoms with E-state index in [1.54, 1.807) is 0 Å². The zero-order valence-electron chi connectivity index (χ0n) is 10.6. The molecule has 0 fully saturated rings. The van der Waals surface area contributed by atoms with Crippen LogP contribution in [-0.4, -0.2) is 26.7 Å². The summed E-state index contributed by atoms with van der Waals surface area (Å²) < 4.78 is 6.50. The number of ether oxygens (including phenoxy) is 1. The van der Waals surface area contributed by atoms with Gasteiger partial charge in [0.15, 0.2) is 0 Å². The van der Waals surface area contributed by atoms with Crippen molar-refractivity contribution < 1.29 is 4.74 Å². The van der Waals surface area contributed by atoms with Crippen molar-refractivity contribution in [3.05, 3.63) is 28.2 Å². The molecule has 1 aromatic carbocycles. The molecule has 0 saturated heterocycles. The third-order valence-electron chi connectivity index (χ3n) is 2.41. The lowest BCUT2D eigenvalue weighted by Crippen LogP contribution is -2.19. The van der Waals surface area contributed by atoms with E-state index in [0.717, 1.165) is 36.3 Å². The summed E-state index contributed by atoms with van der Waals surface area (Å²) in [6.07, 6.45) is 1.15. The fourth-order valence-electron chi connectivity index (χ4n) is 1.55. The SMILES string of the molecule is CCOc1ccc(CNCCCNC)cc1Br. The Balaban J connectivity index is 2.36. The first-order chi connectivity index (χ1) is 8.27. The summed E-state index contributed by atoms with van der Waals surface area (Å²) in [5, 5.41) is 6.55. The monoisotopic (exact) mass is 300 g/mol. The van der Waals surface area contributed by atoms with Gasteiger partial charge in [0.05, 0.1) is 11.1 Å². The minimum Gasteiger partial charge on any atom is -0.493 e. The van der Waals surface area contributed by atoms with E-state index < -0.39 is 0 Å². The van der Waals surface area contributed by atoms with Crippen LogP contribution in [0.15, 0.2) is 22.7 Å². The number of hydrogen-bond donors (Lipinski definition) is 2. The van der Waals surface area contributed by atoms with Gasteiger partial charge in [-0.2, -0.15) is 0 Å². The van der Waals surface area contributed by atoms with E-state index in [1.165, 1.54) is 5.56 Å². The lowest BCUT2D eigenvalue weighted by atomic mass is 10.2. The molecule has 0 aromatic heterocycles. The van der Waals surface area contributed by atoms with E-state index in [9.17, 15) is 0 Å². The van der Waals surface area contributed by atoms with Crippen molar-refractivity contribution in [1.29, 1.82) is 0 Å². The minimum atomic E-state index is 0.695. The van der Waals surface area contributed by atoms with E-state index in [1.807, 2.05) is 20.0 Å². The Morgan fingerprint density at radius 1 is 1.29 bits per heavy atom. The Labute approximate surface area is 112 Å². The van der Waals surface area contributed by atoms with Crippen LogP contribution in [0.3, 0.4) is 0 Å². The Bertz CT molecular complexity index is 331. The third kappa shape index (κ3) is 5.52. The molecular weight excluding hydrogens is 280 g/mol. The highest BCUT2D eigenvalue weighted by molar-refractivity contribution is 9.10. The maximum Gasteiger partial charge on any atom is 0.133 e. The molecule has 1 rings (SSSR count). The Morgan fingerprint density at radius 3 is 2.76 bits per heavy atom. The normalized spacial score (nSPS) is 10.5. The van der Waals surface area contributed by atoms with Gasteiger partial charge in [-0.05, 0) is 67.1 Å². The number of rotatable bonds is 8. The van der Waals surface area contributed by atoms with E-state index in [0.29, 0.717) is 6.61 Å². The van der Waals surface area contributed by atoms with Gasteiger partial charge in [-0.1, -0.05) is 6.07 Å². The van der Waals surface area contributed by atoms with Crippen molar-refractivity contribution in [1.82, 2.24) is 10.6 Å². The minimum absolute atomic E-state index is 0.695. The average molecular weight is 301 g/mol. The number of benzene rings is 1. The molecule has 0 saturated carbocycles. The standard InChI is InChI=1S/C13H21BrN2O/c1-3-17-13-6-5-11(9-12(13)14)10-16-8-4-7-15-2/h5-6,9,15-16H,3-4,7-8,10H2,1-2H3. The highest BCUT2D eigenvalue weighted by Gasteiger charge is 2.01. The summed E-state index contributed by atoms with van der Waals surface area (Å²) >= 11 is 3.52. The van der Waals surface area contributed by atoms with Crippen LogP contribution in [-0.2, 0) is 6.54 Å². The Kier molecular flexibility index (Phi) is 7.24. The summed E-state index contributed by atoms with van der Waals surface area (Å²) in [6, 6.07) is 6.22. The molecule has 0 bridgehead atoms. The molecule has 0 radical (unpaired) electrons. The second-order valence-corrected chi connectivity index (χ2v) is 4.69. The van der Waals surface area contributed by atoms with Gasteiger partial charge in [-0.25, -0.2) is 0 Å². The molecule has 17 heavy (non-hydrogen) atoms. The van der Waals surface area contributed by atoms with Gasteiger partial charge in [-0.15, -0.1) is 0 Å². The molecule has 96 valence electrons. The van der Waals surface area contributed by atoms with Crippen molar-refractivity contribution in [3.63, 3.8) is 0 Å². The maximum atomic E-state index is 5.47. The van der Waals surface area contributed by atoms with Crippen LogP contribution in [0.4, 0.5) is 0 Å². The first kappa shape index (κ1) is 14.5. The molecule has 3 nitrogen and oxygen atoms in total. The van der Waals surface area contributed by atoms with E-state index in [2.05, 4.69) is 38.7 Å². The van der Waals surface area contributed by atoms with Crippen LogP contribution in [0.5, 0.6) is 5.75 Å². The van der Waals surface area contributed by atoms with Gasteiger partial charge in [-0.3, -0.25) is 0 Å². The molecule has 1 aromatic rings. The zero-order chi connectivity index (χ0) is 12.5. The summed E-state index contributed by atoms with van der Waals surface area (Å²) in [4.78, 5) is 0. The van der Waals surface area contributed by atoms with Crippen LogP contribution >= 0.6 is 15.9 Å². The smallest absolute Gasteiger partial charge is 0.133 e. The van der Waals surface area contributed by atoms with E-state index >= 15 is 0 Å². The first-order valence-corrected chi connectivity index (χ1v) is 6.83. The highest BCUT2D eigenvalue weighted by Crippen LogP contribution is 2.25. The van der Waals surface area contributed by atoms with Gasteiger partial charge >= 0.3 is 0 Å². The van der Waals surface area contributed by atoms with Gasteiger partial charge in [0.25, 0.3) is 0 Å². The molecule has 0 aliphatic carbocycles. The molecule has 2 N–H and O–H groups in total. The molecule has 0 aliphatic rings. The van der Waals surface area contributed by atoms with Crippen LogP contribution in [0.25, 0.3) is 0 Å². The summed E-state index contributed by atoms with van der Waals surface area (Å²) in [7, 11) is 1.98. The van der Waals surface area contributed by atoms with Crippen molar-refractivity contribution in [2.24, 2.45) is 0 Å². The molecule has 4 heteroatoms. The van der Waals surface area contributed by atoms with Gasteiger partial charge in [0.1, 0.15) is 5.75 Å². The molecular formula is C13H21BrN2O. The highest BCUT2D eigenvalue weighted by atomic mass is 79.9. The topological polar surface area (TPSA) is 33.3 Å². The molecule has 0 aliphatic heterocycles. The number of halogens is 1. The predicted molar refractivity (Wildman–Crippen MR) is 75.6 cm³/mol. The maximum absolute atomic E-state index is 5.47. The van der Waals surface area contributed by atoms with Crippen molar-refractivity contribution >= 4 is 15.9 Å². The predicted octanol–water partition coefficient (Wildman–Crippen LogP) is 2.55. The van der Waals surface area contributed by atoms with Crippen LogP contribution in [0.2, 0.25) is 0 Å². The molecule has 0 spiro atoms. The quantitative estimate of drug-likeness (QED) is 0.724. The van der Waals surface area contributed by atoms with E-state index in [4.69, 9.17) is 4.74 Å². The second-order valence-electron chi connectivity index (χ2n) is 3.83. The fourth-order valence-corrected chi connectivity index (χ4v) is 2.09.